The second-order valence-corrected chi connectivity index (χ2v) is 5.64. The molecule has 0 saturated carbocycles. The third-order valence-electron chi connectivity index (χ3n) is 2.37. The van der Waals surface area contributed by atoms with E-state index in [4.69, 9.17) is 13.9 Å². The van der Waals surface area contributed by atoms with Crippen molar-refractivity contribution < 1.29 is 23.5 Å². The van der Waals surface area contributed by atoms with Crippen LogP contribution in [0, 0.1) is 0 Å². The highest BCUT2D eigenvalue weighted by Crippen LogP contribution is 2.23. The van der Waals surface area contributed by atoms with Crippen molar-refractivity contribution in [2.45, 2.75) is 33.3 Å². The molecule has 0 aliphatic rings. The first-order valence-electron chi connectivity index (χ1n) is 6.83. The summed E-state index contributed by atoms with van der Waals surface area (Å²) in [6, 6.07) is 3.21. The fourth-order valence-corrected chi connectivity index (χ4v) is 1.63. The number of carbonyl (C=O) groups is 2. The van der Waals surface area contributed by atoms with Crippen LogP contribution >= 0.6 is 0 Å². The summed E-state index contributed by atoms with van der Waals surface area (Å²) >= 11 is 0. The SMILES string of the molecule is CC(=O)Oc1coc(-c2ccnc(NC(=O)OC(C)(C)C)c2)n1. The molecule has 8 heteroatoms. The number of amides is 1. The molecule has 0 spiro atoms. The second kappa shape index (κ2) is 6.47. The number of ether oxygens (including phenoxy) is 2. The molecule has 2 aromatic heterocycles. The molecular weight excluding hydrogens is 302 g/mol. The van der Waals surface area contributed by atoms with Crippen LogP contribution in [0.25, 0.3) is 11.5 Å². The molecule has 0 unspecified atom stereocenters. The molecule has 1 amide bonds. The summed E-state index contributed by atoms with van der Waals surface area (Å²) in [6.45, 7) is 6.56. The second-order valence-electron chi connectivity index (χ2n) is 5.64. The molecule has 0 atom stereocenters. The van der Waals surface area contributed by atoms with Crippen molar-refractivity contribution in [3.8, 4) is 17.3 Å². The lowest BCUT2D eigenvalue weighted by Crippen LogP contribution is -2.27. The summed E-state index contributed by atoms with van der Waals surface area (Å²) in [6.07, 6.45) is 2.09. The lowest BCUT2D eigenvalue weighted by Gasteiger charge is -2.19. The Morgan fingerprint density at radius 3 is 2.70 bits per heavy atom. The number of rotatable bonds is 3. The standard InChI is InChI=1S/C15H17N3O5/c1-9(19)22-12-8-21-13(18-12)10-5-6-16-11(7-10)17-14(20)23-15(2,3)4/h5-8H,1-4H3,(H,16,17,20). The average Bonchev–Trinajstić information content (AvgIpc) is 2.84. The molecule has 2 aromatic rings. The fourth-order valence-electron chi connectivity index (χ4n) is 1.63. The van der Waals surface area contributed by atoms with Gasteiger partial charge in [-0.1, -0.05) is 0 Å². The highest BCUT2D eigenvalue weighted by molar-refractivity contribution is 5.84. The number of esters is 1. The zero-order valence-electron chi connectivity index (χ0n) is 13.2. The zero-order chi connectivity index (χ0) is 17.0. The molecular formula is C15H17N3O5. The summed E-state index contributed by atoms with van der Waals surface area (Å²) in [5.74, 6) is 0.0812. The molecule has 23 heavy (non-hydrogen) atoms. The van der Waals surface area contributed by atoms with Crippen LogP contribution in [-0.2, 0) is 9.53 Å². The van der Waals surface area contributed by atoms with Crippen LogP contribution in [-0.4, -0.2) is 27.6 Å². The number of hydrogen-bond donors (Lipinski definition) is 1. The van der Waals surface area contributed by atoms with E-state index in [-0.39, 0.29) is 17.6 Å². The smallest absolute Gasteiger partial charge is 0.413 e. The summed E-state index contributed by atoms with van der Waals surface area (Å²) in [5, 5.41) is 2.52. The molecule has 0 saturated heterocycles. The van der Waals surface area contributed by atoms with E-state index in [1.807, 2.05) is 0 Å². The molecule has 1 N–H and O–H groups in total. The summed E-state index contributed by atoms with van der Waals surface area (Å²) in [7, 11) is 0. The van der Waals surface area contributed by atoms with Gasteiger partial charge in [0.05, 0.1) is 0 Å². The van der Waals surface area contributed by atoms with Crippen LogP contribution < -0.4 is 10.1 Å². The van der Waals surface area contributed by atoms with Gasteiger partial charge in [0.1, 0.15) is 11.4 Å². The number of aromatic nitrogens is 2. The Morgan fingerprint density at radius 2 is 2.04 bits per heavy atom. The molecule has 0 aliphatic carbocycles. The lowest BCUT2D eigenvalue weighted by atomic mass is 10.2. The summed E-state index contributed by atoms with van der Waals surface area (Å²) in [4.78, 5) is 30.6. The maximum absolute atomic E-state index is 11.7. The van der Waals surface area contributed by atoms with E-state index in [1.54, 1.807) is 32.9 Å². The van der Waals surface area contributed by atoms with Gasteiger partial charge in [-0.3, -0.25) is 10.1 Å². The van der Waals surface area contributed by atoms with Gasteiger partial charge in [0.15, 0.2) is 6.26 Å². The highest BCUT2D eigenvalue weighted by atomic mass is 16.6. The Labute approximate surface area is 132 Å². The zero-order valence-corrected chi connectivity index (χ0v) is 13.2. The molecule has 0 fully saturated rings. The van der Waals surface area contributed by atoms with E-state index >= 15 is 0 Å². The molecule has 0 radical (unpaired) electrons. The monoisotopic (exact) mass is 319 g/mol. The molecule has 2 heterocycles. The van der Waals surface area contributed by atoms with Gasteiger partial charge in [0.25, 0.3) is 5.88 Å². The molecule has 0 aromatic carbocycles. The third-order valence-corrected chi connectivity index (χ3v) is 2.37. The van der Waals surface area contributed by atoms with Crippen molar-refractivity contribution in [1.82, 2.24) is 9.97 Å². The van der Waals surface area contributed by atoms with E-state index in [0.29, 0.717) is 5.56 Å². The van der Waals surface area contributed by atoms with E-state index in [9.17, 15) is 9.59 Å². The Hall–Kier alpha value is -2.90. The van der Waals surface area contributed by atoms with Crippen molar-refractivity contribution in [3.05, 3.63) is 24.6 Å². The van der Waals surface area contributed by atoms with E-state index < -0.39 is 17.7 Å². The number of hydrogen-bond acceptors (Lipinski definition) is 7. The Morgan fingerprint density at radius 1 is 1.30 bits per heavy atom. The van der Waals surface area contributed by atoms with Crippen LogP contribution in [0.1, 0.15) is 27.7 Å². The first kappa shape index (κ1) is 16.5. The van der Waals surface area contributed by atoms with E-state index in [2.05, 4.69) is 15.3 Å². The van der Waals surface area contributed by atoms with Crippen LogP contribution in [0.2, 0.25) is 0 Å². The predicted octanol–water partition coefficient (Wildman–Crippen LogP) is 3.01. The van der Waals surface area contributed by atoms with Gasteiger partial charge in [-0.15, -0.1) is 0 Å². The third kappa shape index (κ3) is 5.10. The van der Waals surface area contributed by atoms with Crippen LogP contribution in [0.3, 0.4) is 0 Å². The first-order valence-corrected chi connectivity index (χ1v) is 6.83. The normalized spacial score (nSPS) is 11.0. The first-order chi connectivity index (χ1) is 10.7. The minimum Gasteiger partial charge on any atom is -0.444 e. The number of nitrogens with one attached hydrogen (secondary N) is 1. The molecule has 122 valence electrons. The number of pyridine rings is 1. The number of nitrogens with zero attached hydrogens (tertiary/aromatic N) is 2. The largest absolute Gasteiger partial charge is 0.444 e. The summed E-state index contributed by atoms with van der Waals surface area (Å²) < 4.78 is 15.2. The topological polar surface area (TPSA) is 104 Å². The number of oxazole rings is 1. The quantitative estimate of drug-likeness (QED) is 0.867. The van der Waals surface area contributed by atoms with Crippen LogP contribution in [0.15, 0.2) is 29.0 Å². The van der Waals surface area contributed by atoms with Gasteiger partial charge in [-0.05, 0) is 32.9 Å². The van der Waals surface area contributed by atoms with Crippen molar-refractivity contribution in [2.75, 3.05) is 5.32 Å². The Balaban J connectivity index is 2.12. The van der Waals surface area contributed by atoms with Crippen molar-refractivity contribution >= 4 is 17.9 Å². The van der Waals surface area contributed by atoms with Gasteiger partial charge < -0.3 is 13.9 Å². The van der Waals surface area contributed by atoms with Gasteiger partial charge in [0, 0.05) is 18.7 Å². The van der Waals surface area contributed by atoms with Crippen molar-refractivity contribution in [2.24, 2.45) is 0 Å². The highest BCUT2D eigenvalue weighted by Gasteiger charge is 2.17. The van der Waals surface area contributed by atoms with E-state index in [1.165, 1.54) is 19.4 Å². The molecule has 0 aliphatic heterocycles. The van der Waals surface area contributed by atoms with Crippen LogP contribution in [0.4, 0.5) is 10.6 Å². The minimum absolute atomic E-state index is 0.0611. The van der Waals surface area contributed by atoms with Gasteiger partial charge in [-0.2, -0.15) is 4.98 Å². The van der Waals surface area contributed by atoms with E-state index in [0.717, 1.165) is 0 Å². The average molecular weight is 319 g/mol. The maximum atomic E-state index is 11.7. The Bertz CT molecular complexity index is 718. The van der Waals surface area contributed by atoms with Gasteiger partial charge >= 0.3 is 12.1 Å². The molecule has 8 nitrogen and oxygen atoms in total. The molecule has 2 rings (SSSR count). The van der Waals surface area contributed by atoms with Gasteiger partial charge in [0.2, 0.25) is 5.89 Å². The predicted molar refractivity (Wildman–Crippen MR) is 80.9 cm³/mol. The van der Waals surface area contributed by atoms with Gasteiger partial charge in [-0.25, -0.2) is 9.78 Å². The number of carbonyl (C=O) groups excluding carboxylic acids is 2. The lowest BCUT2D eigenvalue weighted by molar-refractivity contribution is -0.132. The summed E-state index contributed by atoms with van der Waals surface area (Å²) in [5.41, 5.74) is -0.0483. The maximum Gasteiger partial charge on any atom is 0.413 e. The molecule has 0 bridgehead atoms. The number of anilines is 1. The van der Waals surface area contributed by atoms with Crippen molar-refractivity contribution in [1.29, 1.82) is 0 Å². The minimum atomic E-state index is -0.616. The van der Waals surface area contributed by atoms with Crippen LogP contribution in [0.5, 0.6) is 5.88 Å². The Kier molecular flexibility index (Phi) is 4.63. The van der Waals surface area contributed by atoms with Crippen molar-refractivity contribution in [3.63, 3.8) is 0 Å². The fraction of sp³-hybridized carbons (Fsp3) is 0.333.